The molecule has 0 amide bonds. The van der Waals surface area contributed by atoms with E-state index < -0.39 is 0 Å². The first kappa shape index (κ1) is 17.1. The summed E-state index contributed by atoms with van der Waals surface area (Å²) >= 11 is 0. The molecule has 0 saturated carbocycles. The summed E-state index contributed by atoms with van der Waals surface area (Å²) in [6.07, 6.45) is 12.2. The highest BCUT2D eigenvalue weighted by atomic mass is 14.7. The molecule has 0 fully saturated rings. The average Bonchev–Trinajstić information content (AvgIpc) is 3.00. The number of rotatable bonds is 2. The molecule has 2 heteroatoms. The summed E-state index contributed by atoms with van der Waals surface area (Å²) in [5.74, 6) is 0.912. The van der Waals surface area contributed by atoms with E-state index in [9.17, 15) is 0 Å². The lowest BCUT2D eigenvalue weighted by atomic mass is 9.76. The first-order valence-corrected chi connectivity index (χ1v) is 8.15. The molecule has 0 N–H and O–H groups in total. The van der Waals surface area contributed by atoms with Gasteiger partial charge in [-0.1, -0.05) is 64.1 Å². The van der Waals surface area contributed by atoms with E-state index in [2.05, 4.69) is 74.1 Å². The minimum atomic E-state index is 0.0999. The summed E-state index contributed by atoms with van der Waals surface area (Å²) in [6.45, 7) is 8.84. The zero-order chi connectivity index (χ0) is 16.7. The second kappa shape index (κ2) is 7.87. The Bertz CT molecular complexity index is 585. The maximum absolute atomic E-state index is 4.48. The van der Waals surface area contributed by atoms with Crippen LogP contribution in [0.3, 0.4) is 0 Å². The van der Waals surface area contributed by atoms with Gasteiger partial charge in [0.25, 0.3) is 0 Å². The number of aromatic nitrogens is 2. The normalized spacial score (nSPS) is 14.0. The van der Waals surface area contributed by atoms with Gasteiger partial charge in [-0.25, -0.2) is 0 Å². The van der Waals surface area contributed by atoms with Gasteiger partial charge < -0.3 is 0 Å². The zero-order valence-electron chi connectivity index (χ0n) is 14.5. The monoisotopic (exact) mass is 306 g/mol. The van der Waals surface area contributed by atoms with Crippen molar-refractivity contribution in [3.63, 3.8) is 0 Å². The van der Waals surface area contributed by atoms with Gasteiger partial charge in [-0.15, -0.1) is 0 Å². The Labute approximate surface area is 140 Å². The van der Waals surface area contributed by atoms with Crippen molar-refractivity contribution in [3.8, 4) is 0 Å². The molecule has 2 aromatic heterocycles. The second-order valence-corrected chi connectivity index (χ2v) is 6.94. The highest BCUT2D eigenvalue weighted by molar-refractivity contribution is 5.25. The van der Waals surface area contributed by atoms with E-state index >= 15 is 0 Å². The van der Waals surface area contributed by atoms with Gasteiger partial charge >= 0.3 is 0 Å². The Kier molecular flexibility index (Phi) is 5.86. The molecule has 3 rings (SSSR count). The number of nitrogens with zero attached hydrogens (tertiary/aromatic N) is 2. The Hall–Kier alpha value is -2.22. The van der Waals surface area contributed by atoms with Gasteiger partial charge in [-0.05, 0) is 35.6 Å². The molecule has 2 aromatic rings. The van der Waals surface area contributed by atoms with Crippen LogP contribution in [0.5, 0.6) is 0 Å². The molecule has 0 bridgehead atoms. The quantitative estimate of drug-likeness (QED) is 0.742. The maximum Gasteiger partial charge on any atom is 0.0499 e. The molecule has 1 aliphatic carbocycles. The molecule has 1 aliphatic rings. The molecule has 0 aromatic carbocycles. The summed E-state index contributed by atoms with van der Waals surface area (Å²) in [5, 5.41) is 0. The van der Waals surface area contributed by atoms with E-state index in [1.165, 1.54) is 0 Å². The van der Waals surface area contributed by atoms with E-state index in [0.717, 1.165) is 11.4 Å². The van der Waals surface area contributed by atoms with Gasteiger partial charge in [-0.2, -0.15) is 0 Å². The minimum Gasteiger partial charge on any atom is -0.261 e. The molecular weight excluding hydrogens is 280 g/mol. The predicted octanol–water partition coefficient (Wildman–Crippen LogP) is 5.40. The van der Waals surface area contributed by atoms with Crippen LogP contribution < -0.4 is 0 Å². The largest absolute Gasteiger partial charge is 0.261 e. The molecule has 120 valence electrons. The van der Waals surface area contributed by atoms with Crippen molar-refractivity contribution in [2.45, 2.75) is 33.6 Å². The van der Waals surface area contributed by atoms with Crippen LogP contribution in [0.4, 0.5) is 0 Å². The lowest BCUT2D eigenvalue weighted by Gasteiger charge is -2.29. The Morgan fingerprint density at radius 2 is 1.30 bits per heavy atom. The molecule has 0 unspecified atom stereocenters. The molecule has 23 heavy (non-hydrogen) atoms. The third kappa shape index (κ3) is 5.17. The second-order valence-electron chi connectivity index (χ2n) is 6.94. The molecule has 0 aliphatic heterocycles. The smallest absolute Gasteiger partial charge is 0.0499 e. The molecule has 0 saturated heterocycles. The van der Waals surface area contributed by atoms with Crippen LogP contribution in [-0.2, 0) is 0 Å². The van der Waals surface area contributed by atoms with Crippen molar-refractivity contribution in [3.05, 3.63) is 84.5 Å². The summed E-state index contributed by atoms with van der Waals surface area (Å²) in [5.41, 5.74) is 2.26. The summed E-state index contributed by atoms with van der Waals surface area (Å²) < 4.78 is 0. The van der Waals surface area contributed by atoms with Crippen LogP contribution in [0.1, 0.15) is 45.0 Å². The van der Waals surface area contributed by atoms with Gasteiger partial charge in [0.05, 0.1) is 0 Å². The fraction of sp³-hybridized carbons (Fsp3) is 0.333. The fourth-order valence-corrected chi connectivity index (χ4v) is 2.68. The van der Waals surface area contributed by atoms with Crippen molar-refractivity contribution in [2.24, 2.45) is 11.3 Å². The van der Waals surface area contributed by atoms with E-state index in [-0.39, 0.29) is 11.3 Å². The van der Waals surface area contributed by atoms with Gasteiger partial charge in [0.1, 0.15) is 0 Å². The van der Waals surface area contributed by atoms with E-state index in [1.807, 2.05) is 36.7 Å². The number of hydrogen-bond donors (Lipinski definition) is 0. The van der Waals surface area contributed by atoms with Crippen molar-refractivity contribution >= 4 is 0 Å². The lowest BCUT2D eigenvalue weighted by molar-refractivity contribution is 0.348. The van der Waals surface area contributed by atoms with Crippen molar-refractivity contribution < 1.29 is 0 Å². The first-order valence-electron chi connectivity index (χ1n) is 8.15. The number of allylic oxidation sites excluding steroid dienone is 4. The molecular formula is C21H26N2. The third-order valence-electron chi connectivity index (χ3n) is 3.77. The third-order valence-corrected chi connectivity index (χ3v) is 3.77. The van der Waals surface area contributed by atoms with Gasteiger partial charge in [-0.3, -0.25) is 9.97 Å². The van der Waals surface area contributed by atoms with Gasteiger partial charge in [0.2, 0.25) is 0 Å². The van der Waals surface area contributed by atoms with Crippen LogP contribution in [0, 0.1) is 11.3 Å². The SMILES string of the molecule is CC(C)(C)C(c1ccccn1)c1ccccn1.CC1C=CC=C1. The first-order chi connectivity index (χ1) is 11.0. The van der Waals surface area contributed by atoms with Crippen LogP contribution in [0.25, 0.3) is 0 Å². The van der Waals surface area contributed by atoms with Crippen molar-refractivity contribution in [1.82, 2.24) is 9.97 Å². The molecule has 2 heterocycles. The minimum absolute atomic E-state index is 0.0999. The molecule has 0 radical (unpaired) electrons. The lowest BCUT2D eigenvalue weighted by Crippen LogP contribution is -2.21. The Morgan fingerprint density at radius 1 is 0.826 bits per heavy atom. The van der Waals surface area contributed by atoms with E-state index in [0.29, 0.717) is 5.92 Å². The van der Waals surface area contributed by atoms with Crippen molar-refractivity contribution in [2.75, 3.05) is 0 Å². The number of pyridine rings is 2. The van der Waals surface area contributed by atoms with E-state index in [1.54, 1.807) is 0 Å². The Balaban J connectivity index is 0.000000268. The van der Waals surface area contributed by atoms with Crippen LogP contribution in [-0.4, -0.2) is 9.97 Å². The van der Waals surface area contributed by atoms with Crippen LogP contribution >= 0.6 is 0 Å². The Morgan fingerprint density at radius 3 is 1.57 bits per heavy atom. The average molecular weight is 306 g/mol. The van der Waals surface area contributed by atoms with Gasteiger partial charge in [0.15, 0.2) is 0 Å². The molecule has 0 atom stereocenters. The topological polar surface area (TPSA) is 25.8 Å². The summed E-state index contributed by atoms with van der Waals surface area (Å²) in [6, 6.07) is 12.1. The molecule has 0 spiro atoms. The van der Waals surface area contributed by atoms with Crippen LogP contribution in [0.15, 0.2) is 73.1 Å². The standard InChI is InChI=1S/C15H18N2.C6H8/c1-15(2,3)14(12-8-4-6-10-16-12)13-9-5-7-11-17-13;1-6-4-2-3-5-6/h4-11,14H,1-3H3;2-6H,1H3. The fourth-order valence-electron chi connectivity index (χ4n) is 2.68. The summed E-state index contributed by atoms with van der Waals surface area (Å²) in [4.78, 5) is 8.96. The van der Waals surface area contributed by atoms with Crippen LogP contribution in [0.2, 0.25) is 0 Å². The van der Waals surface area contributed by atoms with Crippen molar-refractivity contribution in [1.29, 1.82) is 0 Å². The highest BCUT2D eigenvalue weighted by Crippen LogP contribution is 2.38. The molecule has 2 nitrogen and oxygen atoms in total. The summed E-state index contributed by atoms with van der Waals surface area (Å²) in [7, 11) is 0. The van der Waals surface area contributed by atoms with E-state index in [4.69, 9.17) is 0 Å². The van der Waals surface area contributed by atoms with Gasteiger partial charge in [0, 0.05) is 29.7 Å². The predicted molar refractivity (Wildman–Crippen MR) is 97.2 cm³/mol. The highest BCUT2D eigenvalue weighted by Gasteiger charge is 2.29. The maximum atomic E-state index is 4.48. The zero-order valence-corrected chi connectivity index (χ0v) is 14.5. The number of hydrogen-bond acceptors (Lipinski definition) is 2.